The number of amides is 4. The monoisotopic (exact) mass is 892 g/mol. The Morgan fingerprint density at radius 2 is 1.69 bits per heavy atom. The van der Waals surface area contributed by atoms with Gasteiger partial charge in [-0.15, -0.1) is 6.58 Å². The number of nitrogens with one attached hydrogen (secondary N) is 2. The van der Waals surface area contributed by atoms with E-state index in [9.17, 15) is 31.2 Å². The molecule has 4 aliphatic rings. The average molecular weight is 893 g/mol. The van der Waals surface area contributed by atoms with Crippen molar-refractivity contribution in [2.45, 2.75) is 82.7 Å². The van der Waals surface area contributed by atoms with Crippen molar-refractivity contribution >= 4 is 54.6 Å². The molecule has 0 bridgehead atoms. The molecular formula is C44H56N6O10S2. The summed E-state index contributed by atoms with van der Waals surface area (Å²) < 4.78 is 66.5. The largest absolute Gasteiger partial charge is 0.497 e. The van der Waals surface area contributed by atoms with Gasteiger partial charge in [0, 0.05) is 68.0 Å². The van der Waals surface area contributed by atoms with Gasteiger partial charge in [-0.1, -0.05) is 57.2 Å². The van der Waals surface area contributed by atoms with E-state index in [1.165, 1.54) is 15.3 Å². The number of benzene rings is 2. The van der Waals surface area contributed by atoms with Gasteiger partial charge in [-0.3, -0.25) is 23.9 Å². The quantitative estimate of drug-likeness (QED) is 0.212. The maximum Gasteiger partial charge on any atom is 0.259 e. The summed E-state index contributed by atoms with van der Waals surface area (Å²) in [5.41, 5.74) is -0.306. The molecule has 3 aromatic rings. The maximum atomic E-state index is 15.0. The van der Waals surface area contributed by atoms with Gasteiger partial charge < -0.3 is 24.6 Å². The van der Waals surface area contributed by atoms with Crippen molar-refractivity contribution in [1.29, 1.82) is 0 Å². The van der Waals surface area contributed by atoms with Crippen molar-refractivity contribution in [3.05, 3.63) is 67.3 Å². The Bertz CT molecular complexity index is 2470. The zero-order chi connectivity index (χ0) is 44.8. The number of likely N-dealkylation sites (tertiary alicyclic amines) is 1. The molecule has 62 heavy (non-hydrogen) atoms. The number of hydrogen-bond donors (Lipinski definition) is 2. The molecule has 4 amide bonds. The van der Waals surface area contributed by atoms with Crippen molar-refractivity contribution in [1.82, 2.24) is 29.1 Å². The van der Waals surface area contributed by atoms with Gasteiger partial charge in [0.1, 0.15) is 29.2 Å². The van der Waals surface area contributed by atoms with Crippen LogP contribution in [0.1, 0.15) is 59.8 Å². The van der Waals surface area contributed by atoms with Crippen LogP contribution >= 0.6 is 0 Å². The van der Waals surface area contributed by atoms with E-state index in [1.807, 2.05) is 63.2 Å². The van der Waals surface area contributed by atoms with E-state index in [2.05, 4.69) is 16.6 Å². The van der Waals surface area contributed by atoms with Crippen molar-refractivity contribution < 1.29 is 45.5 Å². The minimum absolute atomic E-state index is 0.00765. The Balaban J connectivity index is 1.19. The molecule has 3 heterocycles. The normalized spacial score (nSPS) is 23.7. The number of carbonyl (C=O) groups excluding carboxylic acids is 4. The summed E-state index contributed by atoms with van der Waals surface area (Å²) in [7, 11) is -5.81. The van der Waals surface area contributed by atoms with Gasteiger partial charge in [-0.2, -0.15) is 4.31 Å². The second kappa shape index (κ2) is 17.2. The number of hydrogen-bond acceptors (Lipinski definition) is 11. The molecule has 2 aliphatic carbocycles. The van der Waals surface area contributed by atoms with E-state index >= 15 is 4.79 Å². The summed E-state index contributed by atoms with van der Waals surface area (Å²) in [5, 5.41) is 2.84. The first-order chi connectivity index (χ1) is 29.3. The number of pyridine rings is 1. The fourth-order valence-corrected chi connectivity index (χ4v) is 10.8. The summed E-state index contributed by atoms with van der Waals surface area (Å²) in [4.78, 5) is 65.1. The Morgan fingerprint density at radius 1 is 1.00 bits per heavy atom. The number of rotatable bonds is 15. The van der Waals surface area contributed by atoms with E-state index < -0.39 is 78.0 Å². The Kier molecular flexibility index (Phi) is 12.5. The number of nitrogens with zero attached hydrogens (tertiary/aromatic N) is 4. The minimum Gasteiger partial charge on any atom is -0.497 e. The van der Waals surface area contributed by atoms with E-state index in [0.29, 0.717) is 40.9 Å². The zero-order valence-electron chi connectivity index (χ0n) is 35.8. The molecule has 4 fully saturated rings. The molecule has 0 spiro atoms. The first kappa shape index (κ1) is 45.0. The molecule has 2 aliphatic heterocycles. The van der Waals surface area contributed by atoms with Crippen LogP contribution in [0.4, 0.5) is 0 Å². The van der Waals surface area contributed by atoms with Crippen LogP contribution in [-0.4, -0.2) is 128 Å². The lowest BCUT2D eigenvalue weighted by atomic mass is 9.77. The van der Waals surface area contributed by atoms with Crippen LogP contribution in [0.25, 0.3) is 22.2 Å². The first-order valence-electron chi connectivity index (χ1n) is 21.1. The maximum absolute atomic E-state index is 15.0. The average Bonchev–Trinajstić information content (AvgIpc) is 4.18. The number of fused-ring (bicyclic) bond motifs is 1. The summed E-state index contributed by atoms with van der Waals surface area (Å²) >= 11 is 0. The topological polar surface area (TPSA) is 202 Å². The third-order valence-corrected chi connectivity index (χ3v) is 16.2. The number of sulfonamides is 2. The van der Waals surface area contributed by atoms with E-state index in [-0.39, 0.29) is 63.6 Å². The summed E-state index contributed by atoms with van der Waals surface area (Å²) in [5.74, 6) is -2.78. The smallest absolute Gasteiger partial charge is 0.259 e. The van der Waals surface area contributed by atoms with E-state index in [4.69, 9.17) is 14.5 Å². The van der Waals surface area contributed by atoms with Gasteiger partial charge >= 0.3 is 0 Å². The van der Waals surface area contributed by atoms with Crippen LogP contribution in [0.15, 0.2) is 67.3 Å². The highest BCUT2D eigenvalue weighted by Gasteiger charge is 2.62. The van der Waals surface area contributed by atoms with Crippen molar-refractivity contribution in [2.24, 2.45) is 17.3 Å². The summed E-state index contributed by atoms with van der Waals surface area (Å²) in [6, 6.07) is 15.6. The minimum atomic E-state index is -3.94. The molecule has 16 nitrogen and oxygen atoms in total. The van der Waals surface area contributed by atoms with Gasteiger partial charge in [0.2, 0.25) is 37.8 Å². The van der Waals surface area contributed by atoms with E-state index in [0.717, 1.165) is 5.56 Å². The molecule has 1 unspecified atom stereocenters. The number of piperazine rings is 1. The predicted molar refractivity (Wildman–Crippen MR) is 233 cm³/mol. The fourth-order valence-electron chi connectivity index (χ4n) is 8.40. The van der Waals surface area contributed by atoms with Gasteiger partial charge in [0.25, 0.3) is 5.91 Å². The van der Waals surface area contributed by atoms with Crippen LogP contribution in [0, 0.1) is 17.3 Å². The second-order valence-corrected chi connectivity index (χ2v) is 21.9. The van der Waals surface area contributed by atoms with Crippen LogP contribution in [0.3, 0.4) is 0 Å². The molecule has 2 N–H and O–H groups in total. The molecule has 18 heteroatoms. The molecule has 2 saturated carbocycles. The number of carbonyl (C=O) groups is 4. The van der Waals surface area contributed by atoms with Gasteiger partial charge in [-0.25, -0.2) is 21.8 Å². The number of ether oxygens (including phenoxy) is 2. The molecular weight excluding hydrogens is 837 g/mol. The molecule has 1 aromatic heterocycles. The third-order valence-electron chi connectivity index (χ3n) is 12.5. The molecule has 0 radical (unpaired) electrons. The molecule has 334 valence electrons. The van der Waals surface area contributed by atoms with Crippen LogP contribution in [0.2, 0.25) is 0 Å². The molecule has 7 rings (SSSR count). The summed E-state index contributed by atoms with van der Waals surface area (Å²) in [6.07, 6.45) is 1.57. The first-order valence-corrected chi connectivity index (χ1v) is 24.2. The second-order valence-electron chi connectivity index (χ2n) is 17.7. The molecule has 2 aromatic carbocycles. The summed E-state index contributed by atoms with van der Waals surface area (Å²) in [6.45, 7) is 11.5. The fraction of sp³-hybridized carbons (Fsp3) is 0.523. The Morgan fingerprint density at radius 3 is 2.29 bits per heavy atom. The van der Waals surface area contributed by atoms with Gasteiger partial charge in [0.15, 0.2) is 0 Å². The SMILES string of the molecule is C=CC1C[C@]1(NC(=O)[C@@H]1C[C@@H](Oc2cc(-c3ccccc3)nc3cc(OC)ccc23)CN1C(=O)[C@@H](CC(=O)N1CCN(S(=O)(=O)CC)CC1)C(C)(C)C)C(=O)NS(=O)(=O)C1CC1. The lowest BCUT2D eigenvalue weighted by Gasteiger charge is -2.38. The predicted octanol–water partition coefficient (Wildman–Crippen LogP) is 3.47. The molecule has 2 saturated heterocycles. The van der Waals surface area contributed by atoms with Gasteiger partial charge in [-0.05, 0) is 43.7 Å². The van der Waals surface area contributed by atoms with Crippen LogP contribution in [0.5, 0.6) is 11.5 Å². The van der Waals surface area contributed by atoms with E-state index in [1.54, 1.807) is 31.1 Å². The Labute approximate surface area is 363 Å². The zero-order valence-corrected chi connectivity index (χ0v) is 37.5. The van der Waals surface area contributed by atoms with Gasteiger partial charge in [0.05, 0.1) is 41.8 Å². The van der Waals surface area contributed by atoms with Crippen LogP contribution < -0.4 is 19.5 Å². The van der Waals surface area contributed by atoms with Crippen molar-refractivity contribution in [3.63, 3.8) is 0 Å². The third kappa shape index (κ3) is 9.32. The standard InChI is InChI=1S/C44H56N6O10S2/c1-7-29-26-44(29,42(54)47-62(57,58)32-15-16-32)46-40(52)37-23-31(60-38-25-35(28-12-10-9-11-13-28)45-36-22-30(59-6)14-17-33(36)38)27-50(37)41(53)34(43(3,4)5)24-39(51)48-18-20-49(21-19-48)61(55,56)8-2/h7,9-14,17,22,25,29,31-32,34,37H,1,8,15-16,18-21,23-24,26-27H2,2-6H3,(H,46,52)(H,47,54)/t29?,31-,34-,37+,44-/m1/s1. The highest BCUT2D eigenvalue weighted by atomic mass is 32.2. The number of aromatic nitrogens is 1. The number of methoxy groups -OCH3 is 1. The van der Waals surface area contributed by atoms with Crippen molar-refractivity contribution in [3.8, 4) is 22.8 Å². The highest BCUT2D eigenvalue weighted by molar-refractivity contribution is 7.91. The lowest BCUT2D eigenvalue weighted by molar-refractivity contribution is -0.148. The lowest BCUT2D eigenvalue weighted by Crippen LogP contribution is -2.57. The van der Waals surface area contributed by atoms with Crippen molar-refractivity contribution in [2.75, 3.05) is 45.6 Å². The van der Waals surface area contributed by atoms with Crippen LogP contribution in [-0.2, 0) is 39.2 Å². The molecule has 5 atom stereocenters. The Hall–Kier alpha value is -5.07. The highest BCUT2D eigenvalue weighted by Crippen LogP contribution is 2.46.